The maximum Gasteiger partial charge on any atom is 0.118 e. The zero-order valence-corrected chi connectivity index (χ0v) is 12.6. The lowest BCUT2D eigenvalue weighted by molar-refractivity contribution is 0.414. The minimum absolute atomic E-state index is 0.784. The third kappa shape index (κ3) is 5.10. The highest BCUT2D eigenvalue weighted by molar-refractivity contribution is 5.28. The molecule has 0 aliphatic rings. The first-order chi connectivity index (χ1) is 10.3. The number of nitrogens with one attached hydrogen (secondary N) is 2. The summed E-state index contributed by atoms with van der Waals surface area (Å²) in [4.78, 5) is 0. The number of benzene rings is 2. The van der Waals surface area contributed by atoms with Crippen LogP contribution in [0.4, 0.5) is 0 Å². The first-order valence-electron chi connectivity index (χ1n) is 7.03. The summed E-state index contributed by atoms with van der Waals surface area (Å²) >= 11 is 0. The zero-order chi connectivity index (χ0) is 14.9. The first-order valence-corrected chi connectivity index (χ1v) is 7.03. The van der Waals surface area contributed by atoms with Crippen molar-refractivity contribution in [3.05, 3.63) is 59.7 Å². The van der Waals surface area contributed by atoms with Crippen molar-refractivity contribution in [3.8, 4) is 11.5 Å². The molecule has 2 aromatic carbocycles. The highest BCUT2D eigenvalue weighted by atomic mass is 16.5. The van der Waals surface area contributed by atoms with Gasteiger partial charge < -0.3 is 9.47 Å². The molecule has 0 unspecified atom stereocenters. The molecule has 0 atom stereocenters. The summed E-state index contributed by atoms with van der Waals surface area (Å²) in [5.41, 5.74) is 8.95. The van der Waals surface area contributed by atoms with E-state index < -0.39 is 0 Å². The quantitative estimate of drug-likeness (QED) is 0.578. The maximum atomic E-state index is 5.14. The van der Waals surface area contributed by atoms with Gasteiger partial charge in [0.25, 0.3) is 0 Å². The van der Waals surface area contributed by atoms with Crippen LogP contribution < -0.4 is 20.3 Å². The standard InChI is InChI=1S/C17H22N2O2/c1-20-16-7-3-14(4-8-16)11-12-18-19-13-15-5-9-17(21-2)10-6-15/h3-10,18-19H,11-13H2,1-2H3. The first kappa shape index (κ1) is 15.4. The van der Waals surface area contributed by atoms with Crippen LogP contribution in [0.15, 0.2) is 48.5 Å². The van der Waals surface area contributed by atoms with Gasteiger partial charge in [0.2, 0.25) is 0 Å². The SMILES string of the molecule is COc1ccc(CCNNCc2ccc(OC)cc2)cc1. The molecule has 0 saturated carbocycles. The fraction of sp³-hybridized carbons (Fsp3) is 0.294. The van der Waals surface area contributed by atoms with Crippen LogP contribution in [0, 0.1) is 0 Å². The molecule has 4 nitrogen and oxygen atoms in total. The van der Waals surface area contributed by atoms with Crippen molar-refractivity contribution in [2.75, 3.05) is 20.8 Å². The molecule has 0 fully saturated rings. The van der Waals surface area contributed by atoms with Crippen molar-refractivity contribution in [2.24, 2.45) is 0 Å². The normalized spacial score (nSPS) is 10.4. The van der Waals surface area contributed by atoms with Gasteiger partial charge in [0.05, 0.1) is 14.2 Å². The summed E-state index contributed by atoms with van der Waals surface area (Å²) in [5, 5.41) is 0. The maximum absolute atomic E-state index is 5.14. The largest absolute Gasteiger partial charge is 0.497 e. The van der Waals surface area contributed by atoms with Crippen LogP contribution >= 0.6 is 0 Å². The number of hydrogen-bond donors (Lipinski definition) is 2. The molecule has 4 heteroatoms. The Balaban J connectivity index is 1.64. The molecule has 0 aliphatic heterocycles. The fourth-order valence-electron chi connectivity index (χ4n) is 2.00. The highest BCUT2D eigenvalue weighted by Gasteiger charge is 1.96. The predicted molar refractivity (Wildman–Crippen MR) is 84.5 cm³/mol. The van der Waals surface area contributed by atoms with Gasteiger partial charge in [-0.1, -0.05) is 24.3 Å². The number of ether oxygens (including phenoxy) is 2. The summed E-state index contributed by atoms with van der Waals surface area (Å²) < 4.78 is 10.3. The Labute approximate surface area is 126 Å². The molecule has 2 N–H and O–H groups in total. The van der Waals surface area contributed by atoms with Crippen molar-refractivity contribution in [1.29, 1.82) is 0 Å². The summed E-state index contributed by atoms with van der Waals surface area (Å²) in [6, 6.07) is 16.2. The molecule has 0 bridgehead atoms. The molecule has 0 radical (unpaired) electrons. The van der Waals surface area contributed by atoms with Crippen LogP contribution in [0.3, 0.4) is 0 Å². The zero-order valence-electron chi connectivity index (χ0n) is 12.6. The molecule has 2 rings (SSSR count). The van der Waals surface area contributed by atoms with Crippen molar-refractivity contribution in [2.45, 2.75) is 13.0 Å². The van der Waals surface area contributed by atoms with E-state index in [9.17, 15) is 0 Å². The number of hydrogen-bond acceptors (Lipinski definition) is 4. The molecule has 0 saturated heterocycles. The van der Waals surface area contributed by atoms with Gasteiger partial charge in [-0.2, -0.15) is 0 Å². The summed E-state index contributed by atoms with van der Waals surface area (Å²) in [6.45, 7) is 1.66. The molecule has 0 spiro atoms. The Bertz CT molecular complexity index is 474. The molecular weight excluding hydrogens is 264 g/mol. The van der Waals surface area contributed by atoms with Crippen molar-refractivity contribution < 1.29 is 9.47 Å². The van der Waals surface area contributed by atoms with Crippen LogP contribution in [-0.2, 0) is 13.0 Å². The van der Waals surface area contributed by atoms with Crippen molar-refractivity contribution in [1.82, 2.24) is 10.9 Å². The molecular formula is C17H22N2O2. The average Bonchev–Trinajstić information content (AvgIpc) is 2.55. The average molecular weight is 286 g/mol. The van der Waals surface area contributed by atoms with E-state index in [0.717, 1.165) is 31.0 Å². The lowest BCUT2D eigenvalue weighted by atomic mass is 10.1. The van der Waals surface area contributed by atoms with E-state index >= 15 is 0 Å². The van der Waals surface area contributed by atoms with E-state index in [1.54, 1.807) is 14.2 Å². The van der Waals surface area contributed by atoms with Crippen molar-refractivity contribution in [3.63, 3.8) is 0 Å². The molecule has 21 heavy (non-hydrogen) atoms. The van der Waals surface area contributed by atoms with E-state index in [1.807, 2.05) is 24.3 Å². The van der Waals surface area contributed by atoms with Gasteiger partial charge in [-0.05, 0) is 41.8 Å². The van der Waals surface area contributed by atoms with Crippen molar-refractivity contribution >= 4 is 0 Å². The van der Waals surface area contributed by atoms with Gasteiger partial charge in [0, 0.05) is 13.1 Å². The minimum atomic E-state index is 0.784. The second kappa shape index (κ2) is 8.29. The summed E-state index contributed by atoms with van der Waals surface area (Å²) in [7, 11) is 3.35. The monoisotopic (exact) mass is 286 g/mol. The molecule has 0 heterocycles. The van der Waals surface area contributed by atoms with E-state index in [4.69, 9.17) is 9.47 Å². The minimum Gasteiger partial charge on any atom is -0.497 e. The molecule has 112 valence electrons. The van der Waals surface area contributed by atoms with Gasteiger partial charge in [-0.15, -0.1) is 0 Å². The van der Waals surface area contributed by atoms with Crippen LogP contribution in [0.25, 0.3) is 0 Å². The van der Waals surface area contributed by atoms with E-state index in [0.29, 0.717) is 0 Å². The summed E-state index contributed by atoms with van der Waals surface area (Å²) in [5.74, 6) is 1.77. The van der Waals surface area contributed by atoms with E-state index in [1.165, 1.54) is 11.1 Å². The second-order valence-electron chi connectivity index (χ2n) is 4.73. The number of methoxy groups -OCH3 is 2. The Kier molecular flexibility index (Phi) is 6.06. The third-order valence-electron chi connectivity index (χ3n) is 3.27. The van der Waals surface area contributed by atoms with Gasteiger partial charge in [0.15, 0.2) is 0 Å². The Morgan fingerprint density at radius 2 is 1.24 bits per heavy atom. The lowest BCUT2D eigenvalue weighted by Gasteiger charge is -2.08. The Morgan fingerprint density at radius 3 is 1.76 bits per heavy atom. The molecule has 0 aliphatic carbocycles. The van der Waals surface area contributed by atoms with Crippen LogP contribution in [0.2, 0.25) is 0 Å². The smallest absolute Gasteiger partial charge is 0.118 e. The van der Waals surface area contributed by atoms with Gasteiger partial charge >= 0.3 is 0 Å². The summed E-state index contributed by atoms with van der Waals surface area (Å²) in [6.07, 6.45) is 0.972. The highest BCUT2D eigenvalue weighted by Crippen LogP contribution is 2.12. The Hall–Kier alpha value is -2.04. The van der Waals surface area contributed by atoms with E-state index in [-0.39, 0.29) is 0 Å². The lowest BCUT2D eigenvalue weighted by Crippen LogP contribution is -2.32. The van der Waals surface area contributed by atoms with E-state index in [2.05, 4.69) is 35.1 Å². The number of rotatable bonds is 8. The molecule has 2 aromatic rings. The topological polar surface area (TPSA) is 42.5 Å². The van der Waals surface area contributed by atoms with Gasteiger partial charge in [-0.3, -0.25) is 10.9 Å². The van der Waals surface area contributed by atoms with Gasteiger partial charge in [0.1, 0.15) is 11.5 Å². The predicted octanol–water partition coefficient (Wildman–Crippen LogP) is 2.54. The van der Waals surface area contributed by atoms with Crippen LogP contribution in [0.5, 0.6) is 11.5 Å². The third-order valence-corrected chi connectivity index (χ3v) is 3.27. The Morgan fingerprint density at radius 1 is 0.714 bits per heavy atom. The molecule has 0 amide bonds. The fourth-order valence-corrected chi connectivity index (χ4v) is 2.00. The van der Waals surface area contributed by atoms with Gasteiger partial charge in [-0.25, -0.2) is 0 Å². The molecule has 0 aromatic heterocycles. The van der Waals surface area contributed by atoms with Crippen LogP contribution in [0.1, 0.15) is 11.1 Å². The van der Waals surface area contributed by atoms with Crippen LogP contribution in [-0.4, -0.2) is 20.8 Å². The second-order valence-corrected chi connectivity index (χ2v) is 4.73. The number of hydrazine groups is 1.